The number of aromatic nitrogens is 1. The second-order valence-corrected chi connectivity index (χ2v) is 13.5. The van der Waals surface area contributed by atoms with E-state index >= 15 is 0 Å². The van der Waals surface area contributed by atoms with E-state index in [1.807, 2.05) is 0 Å². The molecule has 1 aliphatic carbocycles. The van der Waals surface area contributed by atoms with E-state index in [2.05, 4.69) is 109 Å². The van der Waals surface area contributed by atoms with Gasteiger partial charge in [-0.15, -0.1) is 0 Å². The van der Waals surface area contributed by atoms with Crippen molar-refractivity contribution in [2.75, 3.05) is 0 Å². The summed E-state index contributed by atoms with van der Waals surface area (Å²) >= 11 is 0. The van der Waals surface area contributed by atoms with E-state index < -0.39 is 0 Å². The average molecular weight is 467 g/mol. The van der Waals surface area contributed by atoms with Gasteiger partial charge in [0.2, 0.25) is 5.69 Å². The van der Waals surface area contributed by atoms with Gasteiger partial charge in [0.25, 0.3) is 0 Å². The second-order valence-electron chi connectivity index (χ2n) is 13.5. The summed E-state index contributed by atoms with van der Waals surface area (Å²) in [5.74, 6) is 0. The summed E-state index contributed by atoms with van der Waals surface area (Å²) in [6, 6.07) is 14.6. The molecule has 0 amide bonds. The molecule has 0 radical (unpaired) electrons. The van der Waals surface area contributed by atoms with Crippen LogP contribution in [0, 0.1) is 0 Å². The number of fused-ring (bicyclic) bond motifs is 6. The van der Waals surface area contributed by atoms with Crippen molar-refractivity contribution < 1.29 is 4.57 Å². The number of hydrogen-bond acceptors (Lipinski definition) is 0. The maximum absolute atomic E-state index is 4.74. The topological polar surface area (TPSA) is 3.88 Å². The van der Waals surface area contributed by atoms with E-state index in [9.17, 15) is 0 Å². The van der Waals surface area contributed by atoms with Crippen LogP contribution in [0.15, 0.2) is 49.2 Å². The van der Waals surface area contributed by atoms with Gasteiger partial charge in [0, 0.05) is 24.5 Å². The summed E-state index contributed by atoms with van der Waals surface area (Å²) in [6.07, 6.45) is 6.90. The normalized spacial score (nSPS) is 19.7. The summed E-state index contributed by atoms with van der Waals surface area (Å²) in [4.78, 5) is 0. The van der Waals surface area contributed by atoms with Gasteiger partial charge in [-0.1, -0.05) is 75.0 Å². The van der Waals surface area contributed by atoms with Crippen LogP contribution in [-0.2, 0) is 21.8 Å². The maximum atomic E-state index is 4.74. The molecule has 1 aromatic heterocycles. The molecule has 0 atom stereocenters. The Hall–Kier alpha value is -2.41. The second kappa shape index (κ2) is 7.55. The lowest BCUT2D eigenvalue weighted by Gasteiger charge is -2.42. The van der Waals surface area contributed by atoms with Gasteiger partial charge in [-0.2, -0.15) is 4.57 Å². The van der Waals surface area contributed by atoms with Crippen molar-refractivity contribution >= 4 is 16.3 Å². The van der Waals surface area contributed by atoms with Crippen molar-refractivity contribution in [3.8, 4) is 11.3 Å². The molecule has 1 aliphatic heterocycles. The Morgan fingerprint density at radius 2 is 1.43 bits per heavy atom. The van der Waals surface area contributed by atoms with Gasteiger partial charge < -0.3 is 0 Å². The third-order valence-corrected chi connectivity index (χ3v) is 9.58. The minimum atomic E-state index is -0.0995. The summed E-state index contributed by atoms with van der Waals surface area (Å²) in [5.41, 5.74) is 10.2. The lowest BCUT2D eigenvalue weighted by atomic mass is 9.62. The Morgan fingerprint density at radius 3 is 2.00 bits per heavy atom. The van der Waals surface area contributed by atoms with Gasteiger partial charge in [0.15, 0.2) is 11.7 Å². The van der Waals surface area contributed by atoms with Gasteiger partial charge in [-0.25, -0.2) is 0 Å². The molecule has 0 saturated carbocycles. The zero-order chi connectivity index (χ0) is 25.6. The van der Waals surface area contributed by atoms with Crippen LogP contribution < -0.4 is 4.57 Å². The Bertz CT molecular complexity index is 1360. The first-order chi connectivity index (χ1) is 16.3. The van der Waals surface area contributed by atoms with Crippen molar-refractivity contribution in [2.45, 2.75) is 110 Å². The minimum absolute atomic E-state index is 0.0995. The van der Waals surface area contributed by atoms with E-state index in [1.165, 1.54) is 62.7 Å². The fraction of sp³-hybridized carbons (Fsp3) is 0.500. The first-order valence-corrected chi connectivity index (χ1v) is 13.7. The highest BCUT2D eigenvalue weighted by molar-refractivity contribution is 5.98. The lowest BCUT2D eigenvalue weighted by molar-refractivity contribution is -0.740. The molecule has 0 spiro atoms. The van der Waals surface area contributed by atoms with Crippen LogP contribution in [0.5, 0.6) is 0 Å². The number of nitrogens with zero attached hydrogens (tertiary/aromatic N) is 1. The van der Waals surface area contributed by atoms with Gasteiger partial charge in [0.1, 0.15) is 0 Å². The van der Waals surface area contributed by atoms with Crippen LogP contribution in [0.25, 0.3) is 27.6 Å². The SMILES string of the molecule is C=C1c2cc(C(C)(C)C)ccc2-c2c3cc4c(cc3cc[n+]2C1(CC)CC)C(C)(C)CCC4(C)C. The monoisotopic (exact) mass is 466 g/mol. The number of allylic oxidation sites excluding steroid dienone is 1. The zero-order valence-electron chi connectivity index (χ0n) is 23.5. The highest BCUT2D eigenvalue weighted by Crippen LogP contribution is 2.50. The molecule has 5 rings (SSSR count). The van der Waals surface area contributed by atoms with Crippen LogP contribution in [0.3, 0.4) is 0 Å². The van der Waals surface area contributed by atoms with Gasteiger partial charge >= 0.3 is 0 Å². The quantitative estimate of drug-likeness (QED) is 0.332. The van der Waals surface area contributed by atoms with E-state index in [0.717, 1.165) is 12.8 Å². The molecule has 0 unspecified atom stereocenters. The molecule has 35 heavy (non-hydrogen) atoms. The number of rotatable bonds is 2. The van der Waals surface area contributed by atoms with Crippen LogP contribution in [0.4, 0.5) is 0 Å². The van der Waals surface area contributed by atoms with Gasteiger partial charge in [-0.05, 0) is 81.0 Å². The van der Waals surface area contributed by atoms with Crippen LogP contribution in [0.2, 0.25) is 0 Å². The molecule has 1 heteroatoms. The summed E-state index contributed by atoms with van der Waals surface area (Å²) < 4.78 is 2.57. The molecule has 3 aromatic rings. The van der Waals surface area contributed by atoms with Crippen molar-refractivity contribution in [3.63, 3.8) is 0 Å². The smallest absolute Gasteiger partial charge is 0.188 e. The average Bonchev–Trinajstić information content (AvgIpc) is 2.81. The fourth-order valence-electron chi connectivity index (χ4n) is 6.84. The van der Waals surface area contributed by atoms with Crippen molar-refractivity contribution in [1.29, 1.82) is 0 Å². The highest BCUT2D eigenvalue weighted by Gasteiger charge is 2.48. The minimum Gasteiger partial charge on any atom is -0.188 e. The number of benzene rings is 2. The maximum Gasteiger partial charge on any atom is 0.221 e. The molecule has 0 saturated heterocycles. The standard InChI is InChI=1S/C34H44N/c1-11-34(12-2)22(3)26-20-24(31(4,5)6)13-14-25(26)30-27-21-29-28(19-23(27)15-18-35(30)34)32(7,8)16-17-33(29,9)10/h13-15,18-21H,3,11-12,16-17H2,1-2,4-10H3/q+1. The Morgan fingerprint density at radius 1 is 0.829 bits per heavy atom. The molecule has 0 N–H and O–H groups in total. The number of pyridine rings is 1. The molecule has 2 aromatic carbocycles. The van der Waals surface area contributed by atoms with Crippen molar-refractivity contribution in [1.82, 2.24) is 0 Å². The Balaban J connectivity index is 1.91. The summed E-state index contributed by atoms with van der Waals surface area (Å²) in [6.45, 7) is 26.0. The lowest BCUT2D eigenvalue weighted by Crippen LogP contribution is -2.59. The summed E-state index contributed by atoms with van der Waals surface area (Å²) in [7, 11) is 0. The molecular weight excluding hydrogens is 422 g/mol. The molecule has 2 aliphatic rings. The highest BCUT2D eigenvalue weighted by atomic mass is 15.1. The fourth-order valence-corrected chi connectivity index (χ4v) is 6.84. The largest absolute Gasteiger partial charge is 0.221 e. The third-order valence-electron chi connectivity index (χ3n) is 9.58. The van der Waals surface area contributed by atoms with Crippen molar-refractivity contribution in [3.05, 3.63) is 71.4 Å². The van der Waals surface area contributed by atoms with Gasteiger partial charge in [0.05, 0.1) is 10.9 Å². The Labute approximate surface area is 213 Å². The first kappa shape index (κ1) is 24.3. The molecular formula is C34H44N+. The Kier molecular flexibility index (Phi) is 5.24. The third kappa shape index (κ3) is 3.37. The molecule has 184 valence electrons. The van der Waals surface area contributed by atoms with Crippen LogP contribution >= 0.6 is 0 Å². The first-order valence-electron chi connectivity index (χ1n) is 13.7. The van der Waals surface area contributed by atoms with E-state index in [0.29, 0.717) is 0 Å². The van der Waals surface area contributed by atoms with E-state index in [-0.39, 0.29) is 21.8 Å². The zero-order valence-corrected chi connectivity index (χ0v) is 23.5. The predicted octanol–water partition coefficient (Wildman–Crippen LogP) is 8.98. The number of hydrogen-bond donors (Lipinski definition) is 0. The predicted molar refractivity (Wildman–Crippen MR) is 151 cm³/mol. The molecule has 1 nitrogen and oxygen atoms in total. The molecule has 0 bridgehead atoms. The molecule has 2 heterocycles. The van der Waals surface area contributed by atoms with Crippen LogP contribution in [0.1, 0.15) is 110 Å². The molecule has 0 fully saturated rings. The summed E-state index contributed by atoms with van der Waals surface area (Å²) in [5, 5.41) is 2.75. The van der Waals surface area contributed by atoms with E-state index in [4.69, 9.17) is 6.58 Å². The van der Waals surface area contributed by atoms with Gasteiger partial charge in [-0.3, -0.25) is 0 Å². The van der Waals surface area contributed by atoms with E-state index in [1.54, 1.807) is 0 Å². The van der Waals surface area contributed by atoms with Crippen LogP contribution in [-0.4, -0.2) is 0 Å². The van der Waals surface area contributed by atoms with Crippen molar-refractivity contribution in [2.24, 2.45) is 0 Å².